The number of amides is 1. The molecule has 1 N–H and O–H groups in total. The Morgan fingerprint density at radius 3 is 2.88 bits per heavy atom. The molecule has 2 aromatic carbocycles. The van der Waals surface area contributed by atoms with Gasteiger partial charge in [-0.25, -0.2) is 4.39 Å². The molecule has 4 heteroatoms. The summed E-state index contributed by atoms with van der Waals surface area (Å²) < 4.78 is 13.2. The number of fused-ring (bicyclic) bond motifs is 1. The molecule has 3 nitrogen and oxygen atoms in total. The fraction of sp³-hybridized carbons (Fsp3) is 0.381. The second kappa shape index (κ2) is 7.79. The number of halogens is 1. The molecule has 0 saturated heterocycles. The van der Waals surface area contributed by atoms with Gasteiger partial charge in [-0.2, -0.15) is 0 Å². The van der Waals surface area contributed by atoms with Crippen LogP contribution in [0.25, 0.3) is 0 Å². The molecule has 1 heterocycles. The van der Waals surface area contributed by atoms with E-state index in [1.807, 2.05) is 6.07 Å². The lowest BCUT2D eigenvalue weighted by atomic mass is 9.91. The number of carbonyl (C=O) groups excluding carboxylic acids is 1. The van der Waals surface area contributed by atoms with Crippen LogP contribution in [-0.2, 0) is 24.2 Å². The lowest BCUT2D eigenvalue weighted by Gasteiger charge is -2.35. The maximum atomic E-state index is 13.2. The highest BCUT2D eigenvalue weighted by Gasteiger charge is 2.24. The van der Waals surface area contributed by atoms with Crippen LogP contribution >= 0.6 is 0 Å². The van der Waals surface area contributed by atoms with Gasteiger partial charge in [0.25, 0.3) is 0 Å². The van der Waals surface area contributed by atoms with Gasteiger partial charge in [-0.05, 0) is 61.2 Å². The first-order valence-electron chi connectivity index (χ1n) is 8.81. The van der Waals surface area contributed by atoms with Crippen molar-refractivity contribution in [1.29, 1.82) is 0 Å². The van der Waals surface area contributed by atoms with Gasteiger partial charge in [0.2, 0.25) is 5.91 Å². The zero-order valence-corrected chi connectivity index (χ0v) is 14.9. The third-order valence-electron chi connectivity index (χ3n) is 5.05. The summed E-state index contributed by atoms with van der Waals surface area (Å²) in [6.07, 6.45) is 1.91. The summed E-state index contributed by atoms with van der Waals surface area (Å²) in [6, 6.07) is 13.2. The van der Waals surface area contributed by atoms with E-state index in [4.69, 9.17) is 0 Å². The van der Waals surface area contributed by atoms with Crippen molar-refractivity contribution in [3.05, 3.63) is 70.5 Å². The van der Waals surface area contributed by atoms with Gasteiger partial charge in [-0.15, -0.1) is 0 Å². The molecule has 0 radical (unpaired) electrons. The molecule has 0 bridgehead atoms. The van der Waals surface area contributed by atoms with Crippen LogP contribution in [0.15, 0.2) is 42.5 Å². The molecule has 1 aliphatic rings. The quantitative estimate of drug-likeness (QED) is 0.906. The lowest BCUT2D eigenvalue weighted by molar-refractivity contribution is -0.121. The van der Waals surface area contributed by atoms with Crippen molar-refractivity contribution >= 4 is 5.91 Å². The van der Waals surface area contributed by atoms with E-state index >= 15 is 0 Å². The molecule has 1 aliphatic heterocycles. The maximum absolute atomic E-state index is 13.2. The highest BCUT2D eigenvalue weighted by atomic mass is 19.1. The zero-order valence-electron chi connectivity index (χ0n) is 14.9. The van der Waals surface area contributed by atoms with Gasteiger partial charge >= 0.3 is 0 Å². The molecule has 0 aromatic heterocycles. The third kappa shape index (κ3) is 4.45. The van der Waals surface area contributed by atoms with Gasteiger partial charge < -0.3 is 5.32 Å². The fourth-order valence-corrected chi connectivity index (χ4v) is 3.49. The maximum Gasteiger partial charge on any atom is 0.220 e. The molecule has 0 unspecified atom stereocenters. The molecule has 132 valence electrons. The second-order valence-corrected chi connectivity index (χ2v) is 6.92. The molecule has 0 saturated carbocycles. The van der Waals surface area contributed by atoms with Gasteiger partial charge in [-0.1, -0.05) is 30.3 Å². The van der Waals surface area contributed by atoms with Crippen molar-refractivity contribution in [2.75, 3.05) is 13.6 Å². The van der Waals surface area contributed by atoms with E-state index < -0.39 is 0 Å². The van der Waals surface area contributed by atoms with Crippen LogP contribution in [0.3, 0.4) is 0 Å². The lowest BCUT2D eigenvalue weighted by Crippen LogP contribution is -2.45. The molecule has 2 aromatic rings. The topological polar surface area (TPSA) is 32.3 Å². The highest BCUT2D eigenvalue weighted by molar-refractivity contribution is 5.76. The van der Waals surface area contributed by atoms with Crippen LogP contribution in [0.1, 0.15) is 28.7 Å². The van der Waals surface area contributed by atoms with Crippen LogP contribution in [0.2, 0.25) is 0 Å². The van der Waals surface area contributed by atoms with Crippen molar-refractivity contribution in [3.8, 4) is 0 Å². The summed E-state index contributed by atoms with van der Waals surface area (Å²) in [6.45, 7) is 3.71. The van der Waals surface area contributed by atoms with E-state index in [0.717, 1.165) is 18.5 Å². The minimum Gasteiger partial charge on any atom is -0.355 e. The number of rotatable bonds is 5. The van der Waals surface area contributed by atoms with Crippen LogP contribution in [-0.4, -0.2) is 30.4 Å². The van der Waals surface area contributed by atoms with E-state index in [2.05, 4.69) is 42.4 Å². The second-order valence-electron chi connectivity index (χ2n) is 6.92. The number of hydrogen-bond donors (Lipinski definition) is 1. The Labute approximate surface area is 148 Å². The Morgan fingerprint density at radius 1 is 1.28 bits per heavy atom. The van der Waals surface area contributed by atoms with Crippen LogP contribution in [0, 0.1) is 12.7 Å². The first-order chi connectivity index (χ1) is 12.0. The highest BCUT2D eigenvalue weighted by Crippen LogP contribution is 2.24. The smallest absolute Gasteiger partial charge is 0.220 e. The first-order valence-corrected chi connectivity index (χ1v) is 8.81. The van der Waals surface area contributed by atoms with Crippen LogP contribution < -0.4 is 5.32 Å². The van der Waals surface area contributed by atoms with E-state index in [-0.39, 0.29) is 11.7 Å². The third-order valence-corrected chi connectivity index (χ3v) is 5.05. The summed E-state index contributed by atoms with van der Waals surface area (Å²) in [5.74, 6) is -0.232. The Balaban J connectivity index is 1.51. The molecule has 0 fully saturated rings. The van der Waals surface area contributed by atoms with E-state index in [0.29, 0.717) is 25.4 Å². The number of nitrogens with one attached hydrogen (secondary N) is 1. The van der Waals surface area contributed by atoms with Gasteiger partial charge in [0.15, 0.2) is 0 Å². The minimum absolute atomic E-state index is 0.0215. The summed E-state index contributed by atoms with van der Waals surface area (Å²) in [5.41, 5.74) is 4.98. The van der Waals surface area contributed by atoms with Crippen molar-refractivity contribution < 1.29 is 9.18 Å². The number of likely N-dealkylation sites (N-methyl/N-ethyl adjacent to an activating group) is 1. The van der Waals surface area contributed by atoms with E-state index in [1.165, 1.54) is 28.8 Å². The van der Waals surface area contributed by atoms with E-state index in [1.54, 1.807) is 6.07 Å². The Kier molecular flexibility index (Phi) is 5.49. The van der Waals surface area contributed by atoms with Crippen molar-refractivity contribution in [1.82, 2.24) is 10.2 Å². The Bertz CT molecular complexity index is 759. The van der Waals surface area contributed by atoms with Crippen molar-refractivity contribution in [3.63, 3.8) is 0 Å². The van der Waals surface area contributed by atoms with Gasteiger partial charge in [0, 0.05) is 25.6 Å². The van der Waals surface area contributed by atoms with Crippen molar-refractivity contribution in [2.45, 2.75) is 38.8 Å². The first kappa shape index (κ1) is 17.6. The molecule has 0 aliphatic carbocycles. The number of nitrogens with zero attached hydrogens (tertiary/aromatic N) is 1. The SMILES string of the molecule is Cc1cccc2c1C[C@H](CNC(=O)CCc1cccc(F)c1)N(C)C2. The molecule has 3 rings (SSSR count). The summed E-state index contributed by atoms with van der Waals surface area (Å²) >= 11 is 0. The molecule has 0 spiro atoms. The van der Waals surface area contributed by atoms with Crippen LogP contribution in [0.5, 0.6) is 0 Å². The fourth-order valence-electron chi connectivity index (χ4n) is 3.49. The zero-order chi connectivity index (χ0) is 17.8. The average Bonchev–Trinajstić information content (AvgIpc) is 2.59. The van der Waals surface area contributed by atoms with Gasteiger partial charge in [0.1, 0.15) is 5.82 Å². The predicted octanol–water partition coefficient (Wildman–Crippen LogP) is 3.24. The molecule has 25 heavy (non-hydrogen) atoms. The molecular weight excluding hydrogens is 315 g/mol. The summed E-state index contributed by atoms with van der Waals surface area (Å²) in [4.78, 5) is 14.4. The van der Waals surface area contributed by atoms with Crippen LogP contribution in [0.4, 0.5) is 4.39 Å². The van der Waals surface area contributed by atoms with Gasteiger partial charge in [0.05, 0.1) is 0 Å². The monoisotopic (exact) mass is 340 g/mol. The number of hydrogen-bond acceptors (Lipinski definition) is 2. The average molecular weight is 340 g/mol. The standard InChI is InChI=1S/C21H25FN2O/c1-15-5-3-7-17-14-24(2)19(12-20(15)17)13-23-21(25)10-9-16-6-4-8-18(22)11-16/h3-8,11,19H,9-10,12-14H2,1-2H3,(H,23,25)/t19-/m1/s1. The summed E-state index contributed by atoms with van der Waals surface area (Å²) in [5, 5.41) is 3.04. The molecular formula is C21H25FN2O. The number of benzene rings is 2. The number of carbonyl (C=O) groups is 1. The predicted molar refractivity (Wildman–Crippen MR) is 97.9 cm³/mol. The largest absolute Gasteiger partial charge is 0.355 e. The normalized spacial score (nSPS) is 17.2. The van der Waals surface area contributed by atoms with Crippen molar-refractivity contribution in [2.24, 2.45) is 0 Å². The minimum atomic E-state index is -0.254. The van der Waals surface area contributed by atoms with E-state index in [9.17, 15) is 9.18 Å². The number of aryl methyl sites for hydroxylation is 2. The summed E-state index contributed by atoms with van der Waals surface area (Å²) in [7, 11) is 2.11. The van der Waals surface area contributed by atoms with Gasteiger partial charge in [-0.3, -0.25) is 9.69 Å². The molecule has 1 amide bonds. The Morgan fingerprint density at radius 2 is 2.08 bits per heavy atom. The molecule has 1 atom stereocenters. The Hall–Kier alpha value is -2.20.